The van der Waals surface area contributed by atoms with Crippen LogP contribution in [0.1, 0.15) is 25.7 Å². The Balaban J connectivity index is 1.92. The molecule has 5 nitrogen and oxygen atoms in total. The van der Waals surface area contributed by atoms with E-state index in [1.807, 2.05) is 0 Å². The number of rotatable bonds is 4. The van der Waals surface area contributed by atoms with Crippen molar-refractivity contribution in [3.63, 3.8) is 0 Å². The fourth-order valence-corrected chi connectivity index (χ4v) is 2.03. The van der Waals surface area contributed by atoms with Crippen molar-refractivity contribution in [2.24, 2.45) is 11.8 Å². The van der Waals surface area contributed by atoms with E-state index in [1.54, 1.807) is 0 Å². The predicted octanol–water partition coefficient (Wildman–Crippen LogP) is 0.392. The van der Waals surface area contributed by atoms with Crippen molar-refractivity contribution in [1.82, 2.24) is 5.32 Å². The minimum Gasteiger partial charge on any atom is -0.480 e. The van der Waals surface area contributed by atoms with Crippen molar-refractivity contribution in [3.8, 4) is 0 Å². The molecule has 16 heavy (non-hydrogen) atoms. The number of carboxylic acid groups (broad SMARTS) is 1. The van der Waals surface area contributed by atoms with Gasteiger partial charge in [-0.25, -0.2) is 4.79 Å². The lowest BCUT2D eigenvalue weighted by atomic mass is 9.93. The third-order valence-corrected chi connectivity index (χ3v) is 3.18. The van der Waals surface area contributed by atoms with Crippen LogP contribution >= 0.6 is 0 Å². The number of nitrogens with one attached hydrogen (secondary N) is 1. The monoisotopic (exact) mass is 227 g/mol. The van der Waals surface area contributed by atoms with Gasteiger partial charge in [-0.3, -0.25) is 4.79 Å². The van der Waals surface area contributed by atoms with Gasteiger partial charge in [-0.2, -0.15) is 0 Å². The van der Waals surface area contributed by atoms with Crippen molar-refractivity contribution >= 4 is 11.9 Å². The van der Waals surface area contributed by atoms with Gasteiger partial charge < -0.3 is 15.2 Å². The minimum atomic E-state index is -0.954. The maximum absolute atomic E-state index is 11.5. The number of hydrogen-bond donors (Lipinski definition) is 2. The third kappa shape index (κ3) is 2.72. The van der Waals surface area contributed by atoms with Gasteiger partial charge in [-0.05, 0) is 25.7 Å². The summed E-state index contributed by atoms with van der Waals surface area (Å²) in [6.45, 7) is 1.13. The van der Waals surface area contributed by atoms with Gasteiger partial charge in [0.2, 0.25) is 5.91 Å². The fourth-order valence-electron chi connectivity index (χ4n) is 2.03. The van der Waals surface area contributed by atoms with Gasteiger partial charge in [0.25, 0.3) is 0 Å². The van der Waals surface area contributed by atoms with Crippen LogP contribution in [0, 0.1) is 11.8 Å². The number of carbonyl (C=O) groups is 2. The van der Waals surface area contributed by atoms with Gasteiger partial charge in [0.1, 0.15) is 6.04 Å². The van der Waals surface area contributed by atoms with Crippen molar-refractivity contribution in [3.05, 3.63) is 0 Å². The summed E-state index contributed by atoms with van der Waals surface area (Å²) >= 11 is 0. The molecule has 2 aliphatic rings. The lowest BCUT2D eigenvalue weighted by molar-refractivity contribution is -0.145. The summed E-state index contributed by atoms with van der Waals surface area (Å²) in [5.41, 5.74) is 0. The first-order valence-electron chi connectivity index (χ1n) is 5.79. The zero-order valence-corrected chi connectivity index (χ0v) is 9.15. The van der Waals surface area contributed by atoms with E-state index in [4.69, 9.17) is 9.84 Å². The Labute approximate surface area is 94.2 Å². The number of aliphatic carboxylic acids is 1. The molecule has 1 heterocycles. The molecule has 2 rings (SSSR count). The molecular formula is C11H17NO4. The molecule has 1 saturated heterocycles. The van der Waals surface area contributed by atoms with Crippen LogP contribution in [0.25, 0.3) is 0 Å². The van der Waals surface area contributed by atoms with Crippen LogP contribution in [0.4, 0.5) is 0 Å². The van der Waals surface area contributed by atoms with Crippen molar-refractivity contribution in [2.45, 2.75) is 31.7 Å². The van der Waals surface area contributed by atoms with E-state index in [-0.39, 0.29) is 17.7 Å². The summed E-state index contributed by atoms with van der Waals surface area (Å²) in [4.78, 5) is 22.7. The first-order valence-corrected chi connectivity index (χ1v) is 5.79. The zero-order valence-electron chi connectivity index (χ0n) is 9.15. The normalized spacial score (nSPS) is 27.1. The first kappa shape index (κ1) is 11.4. The summed E-state index contributed by atoms with van der Waals surface area (Å²) in [6, 6.07) is -0.784. The molecule has 5 heteroatoms. The van der Waals surface area contributed by atoms with Gasteiger partial charge in [0.05, 0.1) is 6.61 Å². The summed E-state index contributed by atoms with van der Waals surface area (Å²) in [5, 5.41) is 11.7. The highest BCUT2D eigenvalue weighted by atomic mass is 16.5. The average molecular weight is 227 g/mol. The van der Waals surface area contributed by atoms with Crippen LogP contribution < -0.4 is 5.32 Å². The fraction of sp³-hybridized carbons (Fsp3) is 0.818. The van der Waals surface area contributed by atoms with Crippen molar-refractivity contribution in [1.29, 1.82) is 0 Å². The van der Waals surface area contributed by atoms with E-state index in [9.17, 15) is 9.59 Å². The number of hydrogen-bond acceptors (Lipinski definition) is 3. The van der Waals surface area contributed by atoms with Gasteiger partial charge in [-0.15, -0.1) is 0 Å². The minimum absolute atomic E-state index is 0.0476. The quantitative estimate of drug-likeness (QED) is 0.728. The number of carboxylic acids is 1. The molecule has 1 aliphatic carbocycles. The van der Waals surface area contributed by atoms with E-state index in [2.05, 4.69) is 5.32 Å². The third-order valence-electron chi connectivity index (χ3n) is 3.18. The molecule has 1 amide bonds. The molecule has 2 N–H and O–H groups in total. The Hall–Kier alpha value is -1.10. The molecule has 0 aromatic carbocycles. The highest BCUT2D eigenvalue weighted by Crippen LogP contribution is 2.29. The highest BCUT2D eigenvalue weighted by Gasteiger charge is 2.36. The van der Waals surface area contributed by atoms with E-state index in [1.165, 1.54) is 0 Å². The Morgan fingerprint density at radius 1 is 1.31 bits per heavy atom. The number of amides is 1. The van der Waals surface area contributed by atoms with Crippen LogP contribution in [0.5, 0.6) is 0 Å². The molecule has 0 radical (unpaired) electrons. The topological polar surface area (TPSA) is 75.6 Å². The summed E-state index contributed by atoms with van der Waals surface area (Å²) < 4.78 is 5.26. The molecule has 1 saturated carbocycles. The largest absolute Gasteiger partial charge is 0.480 e. The Morgan fingerprint density at radius 3 is 2.56 bits per heavy atom. The van der Waals surface area contributed by atoms with Gasteiger partial charge >= 0.3 is 5.97 Å². The molecule has 1 aliphatic heterocycles. The molecule has 2 fully saturated rings. The lowest BCUT2D eigenvalue weighted by Crippen LogP contribution is -2.48. The van der Waals surface area contributed by atoms with Crippen LogP contribution in [0.2, 0.25) is 0 Å². The zero-order chi connectivity index (χ0) is 11.5. The molecule has 0 spiro atoms. The van der Waals surface area contributed by atoms with Gasteiger partial charge in [-0.1, -0.05) is 0 Å². The molecular weight excluding hydrogens is 210 g/mol. The molecule has 0 bridgehead atoms. The Kier molecular flexibility index (Phi) is 3.43. The lowest BCUT2D eigenvalue weighted by Gasteiger charge is -2.28. The van der Waals surface area contributed by atoms with E-state index in [0.717, 1.165) is 25.7 Å². The maximum Gasteiger partial charge on any atom is 0.326 e. The second-order valence-corrected chi connectivity index (χ2v) is 4.58. The predicted molar refractivity (Wildman–Crippen MR) is 55.8 cm³/mol. The SMILES string of the molecule is O=C(NC(C(=O)O)C1CCCOC1)C1CC1. The summed E-state index contributed by atoms with van der Waals surface area (Å²) in [6.07, 6.45) is 3.45. The smallest absolute Gasteiger partial charge is 0.326 e. The second kappa shape index (κ2) is 4.82. The van der Waals surface area contributed by atoms with Crippen LogP contribution in [0.15, 0.2) is 0 Å². The van der Waals surface area contributed by atoms with Crippen LogP contribution in [0.3, 0.4) is 0 Å². The van der Waals surface area contributed by atoms with E-state index < -0.39 is 12.0 Å². The number of carbonyl (C=O) groups excluding carboxylic acids is 1. The maximum atomic E-state index is 11.5. The highest BCUT2D eigenvalue weighted by molar-refractivity contribution is 5.86. The molecule has 2 unspecified atom stereocenters. The van der Waals surface area contributed by atoms with Crippen molar-refractivity contribution < 1.29 is 19.4 Å². The average Bonchev–Trinajstić information content (AvgIpc) is 3.10. The van der Waals surface area contributed by atoms with Gasteiger partial charge in [0, 0.05) is 18.4 Å². The Bertz CT molecular complexity index is 282. The Morgan fingerprint density at radius 2 is 2.06 bits per heavy atom. The molecule has 90 valence electrons. The first-order chi connectivity index (χ1) is 7.68. The number of ether oxygens (including phenoxy) is 1. The molecule has 2 atom stereocenters. The van der Waals surface area contributed by atoms with E-state index >= 15 is 0 Å². The van der Waals surface area contributed by atoms with Crippen LogP contribution in [-0.4, -0.2) is 36.2 Å². The van der Waals surface area contributed by atoms with Crippen LogP contribution in [-0.2, 0) is 14.3 Å². The van der Waals surface area contributed by atoms with Gasteiger partial charge in [0.15, 0.2) is 0 Å². The molecule has 0 aromatic heterocycles. The summed E-state index contributed by atoms with van der Waals surface area (Å²) in [5.74, 6) is -1.11. The summed E-state index contributed by atoms with van der Waals surface area (Å²) in [7, 11) is 0. The van der Waals surface area contributed by atoms with Crippen molar-refractivity contribution in [2.75, 3.05) is 13.2 Å². The molecule has 0 aromatic rings. The van der Waals surface area contributed by atoms with E-state index in [0.29, 0.717) is 13.2 Å². The second-order valence-electron chi connectivity index (χ2n) is 4.58. The standard InChI is InChI=1S/C11H17NO4/c13-10(7-3-4-7)12-9(11(14)15)8-2-1-5-16-6-8/h7-9H,1-6H2,(H,12,13)(H,14,15).